The van der Waals surface area contributed by atoms with Crippen LogP contribution in [-0.2, 0) is 4.79 Å². The van der Waals surface area contributed by atoms with Gasteiger partial charge in [0.2, 0.25) is 5.91 Å². The maximum Gasteiger partial charge on any atom is 0.222 e. The molecule has 2 aliphatic carbocycles. The van der Waals surface area contributed by atoms with Gasteiger partial charge in [-0.05, 0) is 44.4 Å². The first kappa shape index (κ1) is 24.6. The van der Waals surface area contributed by atoms with Gasteiger partial charge in [0.25, 0.3) is 0 Å². The van der Waals surface area contributed by atoms with Gasteiger partial charge in [0.05, 0.1) is 10.1 Å². The Morgan fingerprint density at radius 3 is 2.03 bits per heavy atom. The number of hydrogen-bond donors (Lipinski definition) is 0. The highest BCUT2D eigenvalue weighted by Crippen LogP contribution is 2.74. The van der Waals surface area contributed by atoms with Crippen molar-refractivity contribution in [2.45, 2.75) is 91.1 Å². The quantitative estimate of drug-likeness (QED) is 0.221. The zero-order valence-corrected chi connectivity index (χ0v) is 21.1. The van der Waals surface area contributed by atoms with Crippen molar-refractivity contribution in [2.75, 3.05) is 13.1 Å². The Kier molecular flexibility index (Phi) is 8.34. The van der Waals surface area contributed by atoms with Crippen LogP contribution in [0.25, 0.3) is 0 Å². The molecule has 3 rings (SSSR count). The number of hydrogen-bond acceptors (Lipinski definition) is 1. The summed E-state index contributed by atoms with van der Waals surface area (Å²) in [6.45, 7) is 1.89. The second-order valence-corrected chi connectivity index (χ2v) is 12.0. The first-order valence-corrected chi connectivity index (χ1v) is 13.0. The Balaban J connectivity index is 1.31. The molecule has 3 atom stereocenters. The Bertz CT molecular complexity index is 647. The highest BCUT2D eigenvalue weighted by molar-refractivity contribution is 6.65. The third-order valence-corrected chi connectivity index (χ3v) is 11.1. The second-order valence-electron chi connectivity index (χ2n) is 8.72. The first-order valence-electron chi connectivity index (χ1n) is 10.8. The minimum absolute atomic E-state index is 0.00818. The Hall–Kier alpha value is 0.950. The average molecular weight is 524 g/mol. The number of allylic oxidation sites excluding steroid dienone is 2. The highest BCUT2D eigenvalue weighted by Gasteiger charge is 2.77. The van der Waals surface area contributed by atoms with Crippen molar-refractivity contribution in [1.82, 2.24) is 4.90 Å². The number of halogens is 6. The van der Waals surface area contributed by atoms with Gasteiger partial charge in [0.1, 0.15) is 9.75 Å². The number of nitrogens with zero attached hydrogens (tertiary/aromatic N) is 1. The van der Waals surface area contributed by atoms with Crippen LogP contribution < -0.4 is 0 Å². The molecular weight excluding hydrogens is 495 g/mol. The molecule has 3 aliphatic rings. The number of likely N-dealkylation sites (tertiary alicyclic amines) is 1. The molecular formula is C21H29Cl6NO. The molecule has 0 aromatic rings. The smallest absolute Gasteiger partial charge is 0.222 e. The molecule has 8 heteroatoms. The molecule has 1 saturated heterocycles. The van der Waals surface area contributed by atoms with Gasteiger partial charge in [-0.15, -0.1) is 23.2 Å². The molecule has 0 N–H and O–H groups in total. The number of fused-ring (bicyclic) bond motifs is 2. The summed E-state index contributed by atoms with van der Waals surface area (Å²) in [6.07, 6.45) is 12.2. The lowest BCUT2D eigenvalue weighted by atomic mass is 9.87. The van der Waals surface area contributed by atoms with Crippen molar-refractivity contribution in [3.63, 3.8) is 0 Å². The van der Waals surface area contributed by atoms with Gasteiger partial charge in [-0.2, -0.15) is 0 Å². The SMILES string of the molecule is O=C(CCCCCCCCC1CC2(Cl)C(Cl)=C(Cl)C1(Cl)C2(Cl)Cl)N1CCCCC1. The second kappa shape index (κ2) is 9.84. The summed E-state index contributed by atoms with van der Waals surface area (Å²) in [7, 11) is 0. The number of alkyl halides is 4. The first-order chi connectivity index (χ1) is 13.7. The standard InChI is InChI=1S/C21H29Cl6NO/c22-17-18(23)20(25)15(14-19(17,24)21(20,26)27)10-6-3-1-2-4-7-11-16(29)28-12-8-5-9-13-28/h15H,1-14H2. The number of unbranched alkanes of at least 4 members (excludes halogenated alkanes) is 5. The number of carbonyl (C=O) groups excluding carboxylic acids is 1. The third kappa shape index (κ3) is 4.42. The summed E-state index contributed by atoms with van der Waals surface area (Å²) in [4.78, 5) is 12.0. The number of piperidine rings is 1. The average Bonchev–Trinajstić information content (AvgIpc) is 2.92. The summed E-state index contributed by atoms with van der Waals surface area (Å²) in [5.41, 5.74) is 0. The van der Waals surface area contributed by atoms with Crippen LogP contribution in [0.1, 0.15) is 77.0 Å². The molecule has 0 spiro atoms. The van der Waals surface area contributed by atoms with Crippen LogP contribution in [0.4, 0.5) is 0 Å². The lowest BCUT2D eigenvalue weighted by Crippen LogP contribution is -2.44. The molecule has 1 heterocycles. The minimum Gasteiger partial charge on any atom is -0.343 e. The van der Waals surface area contributed by atoms with Gasteiger partial charge in [-0.3, -0.25) is 4.79 Å². The van der Waals surface area contributed by atoms with Crippen LogP contribution in [0, 0.1) is 5.92 Å². The van der Waals surface area contributed by atoms with Crippen LogP contribution in [0.3, 0.4) is 0 Å². The lowest BCUT2D eigenvalue weighted by Gasteiger charge is -2.33. The molecule has 3 unspecified atom stereocenters. The van der Waals surface area contributed by atoms with E-state index in [9.17, 15) is 4.79 Å². The van der Waals surface area contributed by atoms with E-state index in [-0.39, 0.29) is 11.0 Å². The predicted molar refractivity (Wildman–Crippen MR) is 126 cm³/mol. The molecule has 2 fully saturated rings. The van der Waals surface area contributed by atoms with E-state index in [2.05, 4.69) is 0 Å². The fraction of sp³-hybridized carbons (Fsp3) is 0.857. The van der Waals surface area contributed by atoms with Gasteiger partial charge in [-0.25, -0.2) is 0 Å². The van der Waals surface area contributed by atoms with E-state index in [4.69, 9.17) is 69.6 Å². The molecule has 0 aromatic heterocycles. The van der Waals surface area contributed by atoms with E-state index in [0.717, 1.165) is 70.9 Å². The molecule has 0 radical (unpaired) electrons. The third-order valence-electron chi connectivity index (χ3n) is 6.81. The van der Waals surface area contributed by atoms with E-state index in [1.54, 1.807) is 0 Å². The van der Waals surface area contributed by atoms with Crippen molar-refractivity contribution in [1.29, 1.82) is 0 Å². The Morgan fingerprint density at radius 1 is 0.862 bits per heavy atom. The Labute approximate surface area is 204 Å². The molecule has 29 heavy (non-hydrogen) atoms. The molecule has 1 aliphatic heterocycles. The number of amides is 1. The summed E-state index contributed by atoms with van der Waals surface area (Å²) in [5.74, 6) is 0.339. The molecule has 1 saturated carbocycles. The van der Waals surface area contributed by atoms with Crippen LogP contribution in [-0.4, -0.2) is 38.0 Å². The molecule has 1 amide bonds. The van der Waals surface area contributed by atoms with Crippen molar-refractivity contribution in [3.05, 3.63) is 10.1 Å². The monoisotopic (exact) mass is 521 g/mol. The van der Waals surface area contributed by atoms with Crippen molar-refractivity contribution in [2.24, 2.45) is 5.92 Å². The van der Waals surface area contributed by atoms with Gasteiger partial charge in [0.15, 0.2) is 4.33 Å². The van der Waals surface area contributed by atoms with Crippen LogP contribution in [0.15, 0.2) is 10.1 Å². The normalized spacial score (nSPS) is 33.6. The molecule has 166 valence electrons. The molecule has 2 bridgehead atoms. The highest BCUT2D eigenvalue weighted by atomic mass is 35.5. The van der Waals surface area contributed by atoms with Gasteiger partial charge in [0, 0.05) is 19.5 Å². The van der Waals surface area contributed by atoms with Crippen LogP contribution in [0.2, 0.25) is 0 Å². The maximum absolute atomic E-state index is 12.2. The fourth-order valence-electron chi connectivity index (χ4n) is 5.01. The lowest BCUT2D eigenvalue weighted by molar-refractivity contribution is -0.132. The number of rotatable bonds is 9. The van der Waals surface area contributed by atoms with E-state index in [1.165, 1.54) is 6.42 Å². The fourth-order valence-corrected chi connectivity index (χ4v) is 7.88. The van der Waals surface area contributed by atoms with Crippen LogP contribution >= 0.6 is 69.6 Å². The summed E-state index contributed by atoms with van der Waals surface area (Å²) in [5, 5.41) is 0.589. The van der Waals surface area contributed by atoms with Crippen molar-refractivity contribution >= 4 is 75.5 Å². The maximum atomic E-state index is 12.2. The molecule has 0 aromatic carbocycles. The van der Waals surface area contributed by atoms with E-state index < -0.39 is 14.1 Å². The zero-order chi connectivity index (χ0) is 21.3. The Morgan fingerprint density at radius 2 is 1.45 bits per heavy atom. The molecule has 2 nitrogen and oxygen atoms in total. The van der Waals surface area contributed by atoms with E-state index in [0.29, 0.717) is 23.8 Å². The van der Waals surface area contributed by atoms with Gasteiger partial charge >= 0.3 is 0 Å². The van der Waals surface area contributed by atoms with E-state index >= 15 is 0 Å². The predicted octanol–water partition coefficient (Wildman–Crippen LogP) is 7.97. The summed E-state index contributed by atoms with van der Waals surface area (Å²) < 4.78 is -1.40. The van der Waals surface area contributed by atoms with Crippen molar-refractivity contribution < 1.29 is 4.79 Å². The van der Waals surface area contributed by atoms with E-state index in [1.807, 2.05) is 4.90 Å². The number of carbonyl (C=O) groups is 1. The zero-order valence-electron chi connectivity index (χ0n) is 16.6. The minimum atomic E-state index is -1.40. The summed E-state index contributed by atoms with van der Waals surface area (Å²) >= 11 is 39.2. The largest absolute Gasteiger partial charge is 0.343 e. The van der Waals surface area contributed by atoms with Gasteiger partial charge < -0.3 is 4.90 Å². The topological polar surface area (TPSA) is 20.3 Å². The summed E-state index contributed by atoms with van der Waals surface area (Å²) in [6, 6.07) is 0. The van der Waals surface area contributed by atoms with Gasteiger partial charge in [-0.1, -0.05) is 78.5 Å². The van der Waals surface area contributed by atoms with Crippen LogP contribution in [0.5, 0.6) is 0 Å². The van der Waals surface area contributed by atoms with Crippen molar-refractivity contribution in [3.8, 4) is 0 Å².